The van der Waals surface area contributed by atoms with E-state index in [4.69, 9.17) is 9.84 Å². The van der Waals surface area contributed by atoms with E-state index in [1.807, 2.05) is 42.5 Å². The van der Waals surface area contributed by atoms with Crippen molar-refractivity contribution in [2.24, 2.45) is 0 Å². The van der Waals surface area contributed by atoms with Crippen molar-refractivity contribution in [2.45, 2.75) is 0 Å². The second-order valence-corrected chi connectivity index (χ2v) is 4.00. The number of aromatic hydroxyl groups is 1. The molecule has 0 radical (unpaired) electrons. The van der Waals surface area contributed by atoms with Gasteiger partial charge in [0, 0.05) is 0 Å². The summed E-state index contributed by atoms with van der Waals surface area (Å²) in [5, 5.41) is 9.13. The molecule has 1 N–H and O–H groups in total. The summed E-state index contributed by atoms with van der Waals surface area (Å²) in [6.07, 6.45) is 7.91. The van der Waals surface area contributed by atoms with Crippen LogP contribution in [-0.4, -0.2) is 11.7 Å². The zero-order chi connectivity index (χ0) is 13.3. The molecular weight excluding hydrogens is 236 g/mol. The molecular formula is C17H16O2. The molecule has 0 spiro atoms. The quantitative estimate of drug-likeness (QED) is 0.814. The van der Waals surface area contributed by atoms with Gasteiger partial charge in [-0.2, -0.15) is 0 Å². The van der Waals surface area contributed by atoms with Crippen LogP contribution in [0.15, 0.2) is 72.8 Å². The molecule has 0 unspecified atom stereocenters. The largest absolute Gasteiger partial charge is 0.508 e. The smallest absolute Gasteiger partial charge is 0.120 e. The third-order valence-electron chi connectivity index (χ3n) is 2.52. The van der Waals surface area contributed by atoms with Crippen LogP contribution < -0.4 is 4.74 Å². The van der Waals surface area contributed by atoms with Crippen LogP contribution in [0, 0.1) is 0 Å². The van der Waals surface area contributed by atoms with Crippen LogP contribution in [0.5, 0.6) is 11.5 Å². The van der Waals surface area contributed by atoms with Gasteiger partial charge in [-0.25, -0.2) is 0 Å². The Morgan fingerprint density at radius 3 is 2.37 bits per heavy atom. The van der Waals surface area contributed by atoms with Gasteiger partial charge >= 0.3 is 0 Å². The van der Waals surface area contributed by atoms with Crippen molar-refractivity contribution in [1.82, 2.24) is 0 Å². The number of allylic oxidation sites excluding steroid dienone is 2. The first kappa shape index (κ1) is 13.0. The number of ether oxygens (including phenoxy) is 1. The first-order valence-electron chi connectivity index (χ1n) is 6.15. The highest BCUT2D eigenvalue weighted by Gasteiger charge is 1.90. The van der Waals surface area contributed by atoms with Gasteiger partial charge in [-0.3, -0.25) is 0 Å². The molecule has 0 saturated carbocycles. The highest BCUT2D eigenvalue weighted by molar-refractivity contribution is 5.50. The normalized spacial score (nSPS) is 11.2. The van der Waals surface area contributed by atoms with Gasteiger partial charge < -0.3 is 9.84 Å². The average molecular weight is 252 g/mol. The lowest BCUT2D eigenvalue weighted by Crippen LogP contribution is -1.92. The molecule has 0 atom stereocenters. The third-order valence-corrected chi connectivity index (χ3v) is 2.52. The van der Waals surface area contributed by atoms with E-state index >= 15 is 0 Å². The molecule has 19 heavy (non-hydrogen) atoms. The standard InChI is InChI=1S/C17H16O2/c18-16-10-12-17(13-11-16)19-14-6-2-5-9-15-7-3-1-4-8-15/h1-13,18H,14H2/b6-2+,9-5+. The second kappa shape index (κ2) is 7.07. The molecule has 2 aromatic carbocycles. The van der Waals surface area contributed by atoms with E-state index in [9.17, 15) is 0 Å². The first-order chi connectivity index (χ1) is 9.34. The summed E-state index contributed by atoms with van der Waals surface area (Å²) in [5.74, 6) is 0.989. The molecule has 0 fully saturated rings. The molecule has 2 rings (SSSR count). The van der Waals surface area contributed by atoms with Crippen LogP contribution in [0.2, 0.25) is 0 Å². The van der Waals surface area contributed by atoms with Crippen molar-refractivity contribution < 1.29 is 9.84 Å². The van der Waals surface area contributed by atoms with Crippen LogP contribution in [0.25, 0.3) is 6.08 Å². The maximum absolute atomic E-state index is 9.13. The highest BCUT2D eigenvalue weighted by atomic mass is 16.5. The lowest BCUT2D eigenvalue weighted by molar-refractivity contribution is 0.362. The van der Waals surface area contributed by atoms with Crippen LogP contribution in [0.4, 0.5) is 0 Å². The zero-order valence-electron chi connectivity index (χ0n) is 10.6. The van der Waals surface area contributed by atoms with Crippen molar-refractivity contribution in [2.75, 3.05) is 6.61 Å². The van der Waals surface area contributed by atoms with Gasteiger partial charge in [-0.1, -0.05) is 48.6 Å². The van der Waals surface area contributed by atoms with Crippen molar-refractivity contribution in [3.05, 3.63) is 78.4 Å². The van der Waals surface area contributed by atoms with Crippen LogP contribution in [0.1, 0.15) is 5.56 Å². The fraction of sp³-hybridized carbons (Fsp3) is 0.0588. The molecule has 0 amide bonds. The van der Waals surface area contributed by atoms with E-state index < -0.39 is 0 Å². The van der Waals surface area contributed by atoms with E-state index in [2.05, 4.69) is 12.1 Å². The maximum atomic E-state index is 9.13. The van der Waals surface area contributed by atoms with E-state index in [-0.39, 0.29) is 5.75 Å². The lowest BCUT2D eigenvalue weighted by atomic mass is 10.2. The van der Waals surface area contributed by atoms with E-state index in [0.29, 0.717) is 6.61 Å². The van der Waals surface area contributed by atoms with Crippen molar-refractivity contribution in [3.63, 3.8) is 0 Å². The molecule has 2 heteroatoms. The lowest BCUT2D eigenvalue weighted by Gasteiger charge is -2.01. The van der Waals surface area contributed by atoms with Gasteiger partial charge in [0.15, 0.2) is 0 Å². The highest BCUT2D eigenvalue weighted by Crippen LogP contribution is 2.15. The third kappa shape index (κ3) is 4.72. The molecule has 96 valence electrons. The van der Waals surface area contributed by atoms with E-state index in [1.165, 1.54) is 5.56 Å². The number of hydrogen-bond donors (Lipinski definition) is 1. The Labute approximate surface area is 113 Å². The Morgan fingerprint density at radius 2 is 1.63 bits per heavy atom. The summed E-state index contributed by atoms with van der Waals surface area (Å²) < 4.78 is 5.48. The number of hydrogen-bond acceptors (Lipinski definition) is 2. The van der Waals surface area contributed by atoms with Gasteiger partial charge in [0.05, 0.1) is 0 Å². The minimum atomic E-state index is 0.244. The summed E-state index contributed by atoms with van der Waals surface area (Å²) in [6.45, 7) is 0.504. The van der Waals surface area contributed by atoms with Gasteiger partial charge in [0.1, 0.15) is 18.1 Å². The topological polar surface area (TPSA) is 29.5 Å². The summed E-state index contributed by atoms with van der Waals surface area (Å²) in [6, 6.07) is 16.8. The van der Waals surface area contributed by atoms with Crippen molar-refractivity contribution in [3.8, 4) is 11.5 Å². The molecule has 0 aliphatic carbocycles. The molecule has 0 saturated heterocycles. The summed E-state index contributed by atoms with van der Waals surface area (Å²) in [4.78, 5) is 0. The predicted octanol–water partition coefficient (Wildman–Crippen LogP) is 4.04. The second-order valence-electron chi connectivity index (χ2n) is 4.00. The summed E-state index contributed by atoms with van der Waals surface area (Å²) in [7, 11) is 0. The van der Waals surface area contributed by atoms with Crippen LogP contribution in [-0.2, 0) is 0 Å². The van der Waals surface area contributed by atoms with Gasteiger partial charge in [-0.15, -0.1) is 0 Å². The number of benzene rings is 2. The van der Waals surface area contributed by atoms with E-state index in [1.54, 1.807) is 24.3 Å². The SMILES string of the molecule is Oc1ccc(OC/C=C/C=C/c2ccccc2)cc1. The predicted molar refractivity (Wildman–Crippen MR) is 78.2 cm³/mol. The molecule has 2 aromatic rings. The minimum absolute atomic E-state index is 0.244. The van der Waals surface area contributed by atoms with Gasteiger partial charge in [0.25, 0.3) is 0 Å². The monoisotopic (exact) mass is 252 g/mol. The van der Waals surface area contributed by atoms with Crippen molar-refractivity contribution in [1.29, 1.82) is 0 Å². The summed E-state index contributed by atoms with van der Waals surface area (Å²) >= 11 is 0. The molecule has 0 heterocycles. The Kier molecular flexibility index (Phi) is 4.82. The first-order valence-corrected chi connectivity index (χ1v) is 6.15. The van der Waals surface area contributed by atoms with Gasteiger partial charge in [0.2, 0.25) is 0 Å². The van der Waals surface area contributed by atoms with E-state index in [0.717, 1.165) is 5.75 Å². The van der Waals surface area contributed by atoms with Crippen LogP contribution in [0.3, 0.4) is 0 Å². The fourth-order valence-corrected chi connectivity index (χ4v) is 1.55. The number of phenols is 1. The fourth-order valence-electron chi connectivity index (χ4n) is 1.55. The zero-order valence-corrected chi connectivity index (χ0v) is 10.6. The van der Waals surface area contributed by atoms with Crippen molar-refractivity contribution >= 4 is 6.08 Å². The van der Waals surface area contributed by atoms with Crippen LogP contribution >= 0.6 is 0 Å². The summed E-state index contributed by atoms with van der Waals surface area (Å²) in [5.41, 5.74) is 1.17. The maximum Gasteiger partial charge on any atom is 0.120 e. The molecule has 2 nitrogen and oxygen atoms in total. The Balaban J connectivity index is 1.75. The molecule has 0 aliphatic heterocycles. The number of rotatable bonds is 5. The Bertz CT molecular complexity index is 539. The number of phenolic OH excluding ortho intramolecular Hbond substituents is 1. The Morgan fingerprint density at radius 1 is 0.895 bits per heavy atom. The molecule has 0 aliphatic rings. The minimum Gasteiger partial charge on any atom is -0.508 e. The van der Waals surface area contributed by atoms with Gasteiger partial charge in [-0.05, 0) is 35.9 Å². The molecule has 0 aromatic heterocycles. The Hall–Kier alpha value is -2.48. The molecule has 0 bridgehead atoms. The average Bonchev–Trinajstić information content (AvgIpc) is 2.46.